The number of hydrogen-bond acceptors (Lipinski definition) is 3. The lowest BCUT2D eigenvalue weighted by Gasteiger charge is -2.37. The van der Waals surface area contributed by atoms with Crippen molar-refractivity contribution in [1.82, 2.24) is 10.2 Å². The molecule has 96 valence electrons. The first-order valence-electron chi connectivity index (χ1n) is 6.70. The zero-order chi connectivity index (χ0) is 12.8. The van der Waals surface area contributed by atoms with Crippen LogP contribution in [0.5, 0.6) is 0 Å². The third-order valence-electron chi connectivity index (χ3n) is 3.84. The molecule has 1 heterocycles. The monoisotopic (exact) mass is 243 g/mol. The lowest BCUT2D eigenvalue weighted by atomic mass is 9.88. The van der Waals surface area contributed by atoms with Crippen molar-refractivity contribution < 1.29 is 0 Å². The van der Waals surface area contributed by atoms with Gasteiger partial charge in [0.1, 0.15) is 5.54 Å². The number of nitrogens with zero attached hydrogens (tertiary/aromatic N) is 2. The Hall–Kier alpha value is -1.37. The van der Waals surface area contributed by atoms with Crippen molar-refractivity contribution in [2.75, 3.05) is 19.6 Å². The summed E-state index contributed by atoms with van der Waals surface area (Å²) in [6.45, 7) is 6.08. The number of rotatable bonds is 4. The van der Waals surface area contributed by atoms with E-state index in [0.29, 0.717) is 0 Å². The van der Waals surface area contributed by atoms with Crippen molar-refractivity contribution in [1.29, 1.82) is 5.26 Å². The maximum atomic E-state index is 9.45. The highest BCUT2D eigenvalue weighted by atomic mass is 15.1. The summed E-state index contributed by atoms with van der Waals surface area (Å²) in [7, 11) is 0. The molecule has 3 nitrogen and oxygen atoms in total. The van der Waals surface area contributed by atoms with Gasteiger partial charge in [0.15, 0.2) is 0 Å². The molecule has 1 aromatic carbocycles. The Bertz CT molecular complexity index is 399. The Morgan fingerprint density at radius 1 is 1.28 bits per heavy atom. The zero-order valence-corrected chi connectivity index (χ0v) is 11.0. The molecule has 3 heteroatoms. The van der Waals surface area contributed by atoms with Crippen molar-refractivity contribution in [3.05, 3.63) is 35.9 Å². The van der Waals surface area contributed by atoms with Gasteiger partial charge < -0.3 is 4.90 Å². The Kier molecular flexibility index (Phi) is 4.35. The van der Waals surface area contributed by atoms with Crippen molar-refractivity contribution >= 4 is 0 Å². The molecule has 0 atom stereocenters. The fraction of sp³-hybridized carbons (Fsp3) is 0.533. The number of nitriles is 1. The van der Waals surface area contributed by atoms with E-state index < -0.39 is 0 Å². The highest BCUT2D eigenvalue weighted by molar-refractivity contribution is 5.17. The molecular formula is C15H21N3. The maximum Gasteiger partial charge on any atom is 0.109 e. The van der Waals surface area contributed by atoms with Crippen LogP contribution in [0.1, 0.15) is 25.3 Å². The standard InChI is InChI=1S/C15H21N3/c1-2-18-10-8-15(13-16,9-11-18)17-12-14-6-4-3-5-7-14/h3-7,17H,2,8-12H2,1H3. The molecule has 0 amide bonds. The lowest BCUT2D eigenvalue weighted by molar-refractivity contribution is 0.172. The molecule has 1 N–H and O–H groups in total. The van der Waals surface area contributed by atoms with E-state index in [9.17, 15) is 5.26 Å². The summed E-state index contributed by atoms with van der Waals surface area (Å²) in [4.78, 5) is 2.40. The SMILES string of the molecule is CCN1CCC(C#N)(NCc2ccccc2)CC1. The van der Waals surface area contributed by atoms with Gasteiger partial charge >= 0.3 is 0 Å². The molecule has 1 aliphatic rings. The lowest BCUT2D eigenvalue weighted by Crippen LogP contribution is -2.52. The number of piperidine rings is 1. The molecule has 0 unspecified atom stereocenters. The van der Waals surface area contributed by atoms with Gasteiger partial charge in [0, 0.05) is 19.6 Å². The van der Waals surface area contributed by atoms with Gasteiger partial charge in [-0.15, -0.1) is 0 Å². The minimum atomic E-state index is -0.332. The van der Waals surface area contributed by atoms with Crippen LogP contribution >= 0.6 is 0 Å². The second-order valence-corrected chi connectivity index (χ2v) is 4.97. The molecule has 0 bridgehead atoms. The van der Waals surface area contributed by atoms with Gasteiger partial charge in [0.25, 0.3) is 0 Å². The minimum Gasteiger partial charge on any atom is -0.303 e. The van der Waals surface area contributed by atoms with Crippen LogP contribution in [0.25, 0.3) is 0 Å². The van der Waals surface area contributed by atoms with Gasteiger partial charge in [0.05, 0.1) is 6.07 Å². The van der Waals surface area contributed by atoms with E-state index in [4.69, 9.17) is 0 Å². The topological polar surface area (TPSA) is 39.1 Å². The number of hydrogen-bond donors (Lipinski definition) is 1. The molecule has 0 saturated carbocycles. The van der Waals surface area contributed by atoms with Crippen molar-refractivity contribution in [2.45, 2.75) is 31.8 Å². The molecule has 0 aliphatic carbocycles. The molecule has 2 rings (SSSR count). The fourth-order valence-electron chi connectivity index (χ4n) is 2.45. The smallest absolute Gasteiger partial charge is 0.109 e. The number of nitrogens with one attached hydrogen (secondary N) is 1. The first-order valence-corrected chi connectivity index (χ1v) is 6.70. The predicted molar refractivity (Wildman–Crippen MR) is 73.0 cm³/mol. The number of likely N-dealkylation sites (tertiary alicyclic amines) is 1. The third kappa shape index (κ3) is 3.10. The van der Waals surface area contributed by atoms with Gasteiger partial charge in [0.2, 0.25) is 0 Å². The Morgan fingerprint density at radius 2 is 1.94 bits per heavy atom. The second-order valence-electron chi connectivity index (χ2n) is 4.97. The molecule has 0 spiro atoms. The van der Waals surface area contributed by atoms with Crippen LogP contribution in [0.2, 0.25) is 0 Å². The molecule has 0 aromatic heterocycles. The summed E-state index contributed by atoms with van der Waals surface area (Å²) in [5.41, 5.74) is 0.909. The summed E-state index contributed by atoms with van der Waals surface area (Å²) in [6.07, 6.45) is 1.84. The van der Waals surface area contributed by atoms with Crippen LogP contribution in [0.3, 0.4) is 0 Å². The Morgan fingerprint density at radius 3 is 2.50 bits per heavy atom. The van der Waals surface area contributed by atoms with Crippen LogP contribution in [-0.4, -0.2) is 30.1 Å². The van der Waals surface area contributed by atoms with Crippen molar-refractivity contribution in [3.63, 3.8) is 0 Å². The third-order valence-corrected chi connectivity index (χ3v) is 3.84. The van der Waals surface area contributed by atoms with E-state index in [2.05, 4.69) is 35.3 Å². The maximum absolute atomic E-state index is 9.45. The van der Waals surface area contributed by atoms with Crippen molar-refractivity contribution in [2.24, 2.45) is 0 Å². The van der Waals surface area contributed by atoms with Crippen LogP contribution in [-0.2, 0) is 6.54 Å². The quantitative estimate of drug-likeness (QED) is 0.880. The first-order chi connectivity index (χ1) is 8.78. The van der Waals surface area contributed by atoms with Gasteiger partial charge in [-0.2, -0.15) is 5.26 Å². The molecule has 1 fully saturated rings. The van der Waals surface area contributed by atoms with Crippen LogP contribution < -0.4 is 5.32 Å². The highest BCUT2D eigenvalue weighted by Crippen LogP contribution is 2.22. The average Bonchev–Trinajstić information content (AvgIpc) is 2.47. The molecule has 18 heavy (non-hydrogen) atoms. The van der Waals surface area contributed by atoms with Gasteiger partial charge in [-0.25, -0.2) is 0 Å². The van der Waals surface area contributed by atoms with Gasteiger partial charge in [-0.1, -0.05) is 37.3 Å². The predicted octanol–water partition coefficient (Wildman–Crippen LogP) is 2.15. The van der Waals surface area contributed by atoms with Gasteiger partial charge in [-0.05, 0) is 24.9 Å². The molecule has 1 aliphatic heterocycles. The van der Waals surface area contributed by atoms with E-state index in [0.717, 1.165) is 39.0 Å². The minimum absolute atomic E-state index is 0.332. The summed E-state index contributed by atoms with van der Waals surface area (Å²) >= 11 is 0. The Labute approximate surface area is 109 Å². The highest BCUT2D eigenvalue weighted by Gasteiger charge is 2.33. The van der Waals surface area contributed by atoms with E-state index >= 15 is 0 Å². The van der Waals surface area contributed by atoms with E-state index in [1.807, 2.05) is 18.2 Å². The van der Waals surface area contributed by atoms with Gasteiger partial charge in [-0.3, -0.25) is 5.32 Å². The van der Waals surface area contributed by atoms with E-state index in [1.165, 1.54) is 5.56 Å². The molecule has 1 saturated heterocycles. The van der Waals surface area contributed by atoms with Crippen molar-refractivity contribution in [3.8, 4) is 6.07 Å². The summed E-state index contributed by atoms with van der Waals surface area (Å²) in [6, 6.07) is 12.8. The van der Waals surface area contributed by atoms with Crippen LogP contribution in [0, 0.1) is 11.3 Å². The molecular weight excluding hydrogens is 222 g/mol. The second kappa shape index (κ2) is 5.99. The largest absolute Gasteiger partial charge is 0.303 e. The van der Waals surface area contributed by atoms with E-state index in [1.54, 1.807) is 0 Å². The summed E-state index contributed by atoms with van der Waals surface area (Å²) < 4.78 is 0. The fourth-order valence-corrected chi connectivity index (χ4v) is 2.45. The van der Waals surface area contributed by atoms with Crippen LogP contribution in [0.15, 0.2) is 30.3 Å². The first kappa shape index (κ1) is 13.1. The summed E-state index contributed by atoms with van der Waals surface area (Å²) in [5.74, 6) is 0. The summed E-state index contributed by atoms with van der Waals surface area (Å²) in [5, 5.41) is 12.9. The van der Waals surface area contributed by atoms with Crippen LogP contribution in [0.4, 0.5) is 0 Å². The zero-order valence-electron chi connectivity index (χ0n) is 11.0. The number of benzene rings is 1. The Balaban J connectivity index is 1.92. The molecule has 1 aromatic rings. The average molecular weight is 243 g/mol. The normalized spacial score (nSPS) is 19.3. The molecule has 0 radical (unpaired) electrons. The van der Waals surface area contributed by atoms with E-state index in [-0.39, 0.29) is 5.54 Å².